The van der Waals surface area contributed by atoms with Crippen LogP contribution in [-0.4, -0.2) is 67.5 Å². The van der Waals surface area contributed by atoms with Crippen LogP contribution in [0.2, 0.25) is 0 Å². The number of methoxy groups -OCH3 is 2. The minimum absolute atomic E-state index is 0.268. The second-order valence-corrected chi connectivity index (χ2v) is 7.26. The maximum absolute atomic E-state index is 9.52. The molecule has 1 unspecified atom stereocenters. The molecule has 1 aliphatic carbocycles. The molecule has 1 heterocycles. The molecule has 140 valence electrons. The highest BCUT2D eigenvalue weighted by molar-refractivity contribution is 5.40. The number of rotatable bonds is 7. The largest absolute Gasteiger partial charge is 0.497 e. The molecule has 5 heteroatoms. The number of hydrogen-bond donors (Lipinski definition) is 1. The quantitative estimate of drug-likeness (QED) is 0.820. The van der Waals surface area contributed by atoms with Crippen molar-refractivity contribution in [1.82, 2.24) is 9.80 Å². The first-order chi connectivity index (χ1) is 12.2. The fourth-order valence-electron chi connectivity index (χ4n) is 4.45. The lowest BCUT2D eigenvalue weighted by atomic mass is 10.0. The van der Waals surface area contributed by atoms with Crippen molar-refractivity contribution >= 4 is 0 Å². The summed E-state index contributed by atoms with van der Waals surface area (Å²) in [5, 5.41) is 9.52. The highest BCUT2D eigenvalue weighted by Crippen LogP contribution is 2.30. The third kappa shape index (κ3) is 4.46. The Hall–Kier alpha value is -1.30. The average molecular weight is 348 g/mol. The van der Waals surface area contributed by atoms with Crippen LogP contribution in [0.15, 0.2) is 18.2 Å². The molecule has 2 aliphatic rings. The summed E-state index contributed by atoms with van der Waals surface area (Å²) in [7, 11) is 3.42. The second kappa shape index (κ2) is 8.88. The summed E-state index contributed by atoms with van der Waals surface area (Å²) in [5.41, 5.74) is 1.17. The maximum atomic E-state index is 9.52. The smallest absolute Gasteiger partial charge is 0.123 e. The van der Waals surface area contributed by atoms with Gasteiger partial charge in [-0.2, -0.15) is 0 Å². The van der Waals surface area contributed by atoms with Gasteiger partial charge in [-0.1, -0.05) is 12.8 Å². The number of benzene rings is 1. The molecular formula is C20H32N2O3. The molecule has 1 aliphatic heterocycles. The fraction of sp³-hybridized carbons (Fsp3) is 0.700. The van der Waals surface area contributed by atoms with Crippen LogP contribution < -0.4 is 9.47 Å². The Morgan fingerprint density at radius 1 is 1.12 bits per heavy atom. The van der Waals surface area contributed by atoms with Crippen LogP contribution in [0.1, 0.15) is 37.7 Å². The summed E-state index contributed by atoms with van der Waals surface area (Å²) in [5.74, 6) is 1.78. The van der Waals surface area contributed by atoms with E-state index in [2.05, 4.69) is 15.9 Å². The molecule has 3 rings (SSSR count). The summed E-state index contributed by atoms with van der Waals surface area (Å²) in [6.07, 6.45) is 6.23. The van der Waals surface area contributed by atoms with Crippen LogP contribution in [0, 0.1) is 0 Å². The first-order valence-corrected chi connectivity index (χ1v) is 9.55. The SMILES string of the molecule is COc1ccc(OC)c(CN2CCN(C3CCCC3)C(CCO)C2)c1. The molecule has 1 N–H and O–H groups in total. The first kappa shape index (κ1) is 18.5. The maximum Gasteiger partial charge on any atom is 0.123 e. The van der Waals surface area contributed by atoms with E-state index in [1.807, 2.05) is 12.1 Å². The lowest BCUT2D eigenvalue weighted by molar-refractivity contribution is 0.0264. The van der Waals surface area contributed by atoms with Crippen molar-refractivity contribution in [3.8, 4) is 11.5 Å². The number of aliphatic hydroxyl groups excluding tert-OH is 1. The van der Waals surface area contributed by atoms with Crippen LogP contribution in [0.5, 0.6) is 11.5 Å². The van der Waals surface area contributed by atoms with Crippen LogP contribution in [0.3, 0.4) is 0 Å². The van der Waals surface area contributed by atoms with Crippen molar-refractivity contribution < 1.29 is 14.6 Å². The molecule has 1 aromatic carbocycles. The van der Waals surface area contributed by atoms with E-state index in [-0.39, 0.29) is 6.61 Å². The van der Waals surface area contributed by atoms with Gasteiger partial charge in [-0.05, 0) is 37.5 Å². The Bertz CT molecular complexity index is 546. The van der Waals surface area contributed by atoms with Gasteiger partial charge in [0.2, 0.25) is 0 Å². The Kier molecular flexibility index (Phi) is 6.57. The van der Waals surface area contributed by atoms with Gasteiger partial charge in [0.05, 0.1) is 14.2 Å². The standard InChI is InChI=1S/C20H32N2O3/c1-24-19-7-8-20(25-2)16(13-19)14-21-10-11-22(17-5-3-4-6-17)18(15-21)9-12-23/h7-8,13,17-18,23H,3-6,9-12,14-15H2,1-2H3. The molecule has 2 fully saturated rings. The lowest BCUT2D eigenvalue weighted by Crippen LogP contribution is -2.56. The molecule has 0 radical (unpaired) electrons. The van der Waals surface area contributed by atoms with E-state index in [0.717, 1.165) is 50.1 Å². The van der Waals surface area contributed by atoms with E-state index in [1.165, 1.54) is 31.2 Å². The predicted molar refractivity (Wildman–Crippen MR) is 99.3 cm³/mol. The summed E-state index contributed by atoms with van der Waals surface area (Å²) < 4.78 is 10.9. The van der Waals surface area contributed by atoms with E-state index in [4.69, 9.17) is 9.47 Å². The first-order valence-electron chi connectivity index (χ1n) is 9.55. The highest BCUT2D eigenvalue weighted by Gasteiger charge is 2.33. The minimum atomic E-state index is 0.268. The third-order valence-corrected chi connectivity index (χ3v) is 5.75. The van der Waals surface area contributed by atoms with Crippen molar-refractivity contribution in [2.24, 2.45) is 0 Å². The fourth-order valence-corrected chi connectivity index (χ4v) is 4.45. The Morgan fingerprint density at radius 2 is 1.92 bits per heavy atom. The van der Waals surface area contributed by atoms with E-state index in [9.17, 15) is 5.11 Å². The Balaban J connectivity index is 1.68. The molecule has 0 amide bonds. The van der Waals surface area contributed by atoms with Gasteiger partial charge in [0.15, 0.2) is 0 Å². The van der Waals surface area contributed by atoms with Crippen LogP contribution in [-0.2, 0) is 6.54 Å². The average Bonchev–Trinajstić information content (AvgIpc) is 3.16. The summed E-state index contributed by atoms with van der Waals surface area (Å²) in [4.78, 5) is 5.16. The van der Waals surface area contributed by atoms with Crippen molar-refractivity contribution in [2.45, 2.75) is 50.7 Å². The summed E-state index contributed by atoms with van der Waals surface area (Å²) >= 11 is 0. The van der Waals surface area contributed by atoms with Gasteiger partial charge in [0, 0.05) is 50.4 Å². The second-order valence-electron chi connectivity index (χ2n) is 7.26. The van der Waals surface area contributed by atoms with Gasteiger partial charge < -0.3 is 14.6 Å². The number of nitrogens with zero attached hydrogens (tertiary/aromatic N) is 2. The monoisotopic (exact) mass is 348 g/mol. The Morgan fingerprint density at radius 3 is 2.60 bits per heavy atom. The topological polar surface area (TPSA) is 45.2 Å². The van der Waals surface area contributed by atoms with Gasteiger partial charge in [0.1, 0.15) is 11.5 Å². The van der Waals surface area contributed by atoms with Crippen molar-refractivity contribution in [2.75, 3.05) is 40.5 Å². The summed E-state index contributed by atoms with van der Waals surface area (Å²) in [6, 6.07) is 7.18. The lowest BCUT2D eigenvalue weighted by Gasteiger charge is -2.44. The molecule has 5 nitrogen and oxygen atoms in total. The van der Waals surface area contributed by atoms with Crippen LogP contribution >= 0.6 is 0 Å². The normalized spacial score (nSPS) is 23.1. The number of aliphatic hydroxyl groups is 1. The van der Waals surface area contributed by atoms with E-state index in [1.54, 1.807) is 14.2 Å². The van der Waals surface area contributed by atoms with E-state index >= 15 is 0 Å². The highest BCUT2D eigenvalue weighted by atomic mass is 16.5. The third-order valence-electron chi connectivity index (χ3n) is 5.75. The van der Waals surface area contributed by atoms with E-state index in [0.29, 0.717) is 6.04 Å². The van der Waals surface area contributed by atoms with Gasteiger partial charge >= 0.3 is 0 Å². The zero-order chi connectivity index (χ0) is 17.6. The molecule has 0 spiro atoms. The van der Waals surface area contributed by atoms with Crippen molar-refractivity contribution in [3.63, 3.8) is 0 Å². The van der Waals surface area contributed by atoms with Gasteiger partial charge in [-0.3, -0.25) is 9.80 Å². The molecular weight excluding hydrogens is 316 g/mol. The van der Waals surface area contributed by atoms with Gasteiger partial charge in [0.25, 0.3) is 0 Å². The molecule has 25 heavy (non-hydrogen) atoms. The Labute approximate surface area is 151 Å². The molecule has 0 bridgehead atoms. The molecule has 1 saturated carbocycles. The number of hydrogen-bond acceptors (Lipinski definition) is 5. The van der Waals surface area contributed by atoms with Gasteiger partial charge in [-0.15, -0.1) is 0 Å². The predicted octanol–water partition coefficient (Wildman–Crippen LogP) is 2.52. The number of ether oxygens (including phenoxy) is 2. The zero-order valence-electron chi connectivity index (χ0n) is 15.6. The van der Waals surface area contributed by atoms with E-state index < -0.39 is 0 Å². The van der Waals surface area contributed by atoms with Gasteiger partial charge in [-0.25, -0.2) is 0 Å². The zero-order valence-corrected chi connectivity index (χ0v) is 15.6. The number of piperazine rings is 1. The molecule has 0 aromatic heterocycles. The molecule has 1 atom stereocenters. The minimum Gasteiger partial charge on any atom is -0.497 e. The van der Waals surface area contributed by atoms with Crippen LogP contribution in [0.25, 0.3) is 0 Å². The van der Waals surface area contributed by atoms with Crippen molar-refractivity contribution in [1.29, 1.82) is 0 Å². The summed E-state index contributed by atoms with van der Waals surface area (Å²) in [6.45, 7) is 4.31. The van der Waals surface area contributed by atoms with Crippen LogP contribution in [0.4, 0.5) is 0 Å². The van der Waals surface area contributed by atoms with Crippen molar-refractivity contribution in [3.05, 3.63) is 23.8 Å². The molecule has 1 saturated heterocycles. The molecule has 1 aromatic rings.